The first-order chi connectivity index (χ1) is 9.09. The van der Waals surface area contributed by atoms with E-state index in [0.717, 1.165) is 12.0 Å². The van der Waals surface area contributed by atoms with Gasteiger partial charge in [0.05, 0.1) is 0 Å². The number of piperidine rings is 1. The zero-order valence-corrected chi connectivity index (χ0v) is 13.3. The Bertz CT molecular complexity index is 296. The smallest absolute Gasteiger partial charge is 0.0173 e. The van der Waals surface area contributed by atoms with Crippen LogP contribution in [0.2, 0.25) is 0 Å². The number of hydrogen-bond donors (Lipinski definition) is 0. The van der Waals surface area contributed by atoms with Crippen molar-refractivity contribution in [1.82, 2.24) is 9.80 Å². The Morgan fingerprint density at radius 3 is 2.47 bits per heavy atom. The summed E-state index contributed by atoms with van der Waals surface area (Å²) in [4.78, 5) is 5.42. The van der Waals surface area contributed by atoms with Gasteiger partial charge in [0.1, 0.15) is 0 Å². The molecule has 0 radical (unpaired) electrons. The Morgan fingerprint density at radius 2 is 1.79 bits per heavy atom. The molecule has 0 aromatic rings. The minimum atomic E-state index is 0.679. The van der Waals surface area contributed by atoms with E-state index in [1.165, 1.54) is 45.3 Å². The molecule has 19 heavy (non-hydrogen) atoms. The molecule has 2 rings (SSSR count). The summed E-state index contributed by atoms with van der Waals surface area (Å²) in [5, 5.41) is 0. The van der Waals surface area contributed by atoms with Gasteiger partial charge < -0.3 is 0 Å². The zero-order valence-electron chi connectivity index (χ0n) is 13.3. The lowest BCUT2D eigenvalue weighted by molar-refractivity contribution is 0.0661. The second-order valence-corrected chi connectivity index (χ2v) is 6.86. The van der Waals surface area contributed by atoms with Crippen LogP contribution in [0.1, 0.15) is 53.4 Å². The minimum absolute atomic E-state index is 0.679. The van der Waals surface area contributed by atoms with Crippen molar-refractivity contribution >= 4 is 0 Å². The van der Waals surface area contributed by atoms with Crippen molar-refractivity contribution in [3.8, 4) is 0 Å². The summed E-state index contributed by atoms with van der Waals surface area (Å²) in [5.41, 5.74) is 0. The molecule has 2 heterocycles. The second kappa shape index (κ2) is 6.90. The highest BCUT2D eigenvalue weighted by Gasteiger charge is 2.31. The van der Waals surface area contributed by atoms with E-state index < -0.39 is 0 Å². The Labute approximate surface area is 119 Å². The van der Waals surface area contributed by atoms with Crippen LogP contribution in [-0.4, -0.2) is 47.6 Å². The number of likely N-dealkylation sites (tertiary alicyclic amines) is 1. The molecule has 2 nitrogen and oxygen atoms in total. The molecule has 0 saturated carbocycles. The fourth-order valence-corrected chi connectivity index (χ4v) is 3.73. The van der Waals surface area contributed by atoms with Gasteiger partial charge in [0.15, 0.2) is 0 Å². The molecule has 0 aliphatic carbocycles. The minimum Gasteiger partial charge on any atom is -0.300 e. The van der Waals surface area contributed by atoms with Crippen LogP contribution in [0.25, 0.3) is 0 Å². The fraction of sp³-hybridized carbons (Fsp3) is 0.882. The fourth-order valence-electron chi connectivity index (χ4n) is 3.73. The number of nitrogens with zero attached hydrogens (tertiary/aromatic N) is 2. The van der Waals surface area contributed by atoms with Gasteiger partial charge in [0.2, 0.25) is 0 Å². The molecule has 1 saturated heterocycles. The van der Waals surface area contributed by atoms with Crippen LogP contribution in [0.3, 0.4) is 0 Å². The van der Waals surface area contributed by atoms with Crippen molar-refractivity contribution in [2.24, 2.45) is 5.92 Å². The molecule has 0 amide bonds. The van der Waals surface area contributed by atoms with Crippen LogP contribution in [0.5, 0.6) is 0 Å². The van der Waals surface area contributed by atoms with E-state index in [-0.39, 0.29) is 0 Å². The van der Waals surface area contributed by atoms with Gasteiger partial charge >= 0.3 is 0 Å². The van der Waals surface area contributed by atoms with Gasteiger partial charge in [-0.25, -0.2) is 0 Å². The van der Waals surface area contributed by atoms with Crippen LogP contribution < -0.4 is 0 Å². The largest absolute Gasteiger partial charge is 0.300 e. The average Bonchev–Trinajstić information content (AvgIpc) is 2.64. The Balaban J connectivity index is 2.08. The second-order valence-electron chi connectivity index (χ2n) is 6.86. The van der Waals surface area contributed by atoms with Crippen LogP contribution in [0, 0.1) is 5.92 Å². The highest BCUT2D eigenvalue weighted by atomic mass is 15.2. The maximum Gasteiger partial charge on any atom is 0.0173 e. The van der Waals surface area contributed by atoms with Crippen LogP contribution in [0.15, 0.2) is 12.2 Å². The molecule has 1 fully saturated rings. The van der Waals surface area contributed by atoms with Crippen molar-refractivity contribution in [2.75, 3.05) is 19.6 Å². The summed E-state index contributed by atoms with van der Waals surface area (Å²) in [6.45, 7) is 13.2. The summed E-state index contributed by atoms with van der Waals surface area (Å²) in [6, 6.07) is 2.14. The van der Waals surface area contributed by atoms with E-state index in [1.807, 2.05) is 0 Å². The van der Waals surface area contributed by atoms with Crippen molar-refractivity contribution in [3.05, 3.63) is 12.2 Å². The third kappa shape index (κ3) is 3.82. The van der Waals surface area contributed by atoms with Crippen LogP contribution in [-0.2, 0) is 0 Å². The van der Waals surface area contributed by atoms with Gasteiger partial charge in [-0.05, 0) is 53.5 Å². The third-order valence-electron chi connectivity index (χ3n) is 4.89. The molecular weight excluding hydrogens is 232 g/mol. The zero-order chi connectivity index (χ0) is 13.8. The summed E-state index contributed by atoms with van der Waals surface area (Å²) < 4.78 is 0. The van der Waals surface area contributed by atoms with E-state index in [9.17, 15) is 0 Å². The molecule has 0 aromatic heterocycles. The summed E-state index contributed by atoms with van der Waals surface area (Å²) >= 11 is 0. The predicted octanol–water partition coefficient (Wildman–Crippen LogP) is 3.54. The summed E-state index contributed by atoms with van der Waals surface area (Å²) in [5.74, 6) is 0.729. The molecule has 2 heteroatoms. The molecule has 0 bridgehead atoms. The van der Waals surface area contributed by atoms with E-state index >= 15 is 0 Å². The molecular formula is C17H32N2. The normalized spacial score (nSPS) is 31.1. The molecule has 2 unspecified atom stereocenters. The first kappa shape index (κ1) is 15.1. The third-order valence-corrected chi connectivity index (χ3v) is 4.89. The Kier molecular flexibility index (Phi) is 5.47. The van der Waals surface area contributed by atoms with Crippen molar-refractivity contribution in [1.29, 1.82) is 0 Å². The Hall–Kier alpha value is -0.340. The number of rotatable bonds is 3. The van der Waals surface area contributed by atoms with Gasteiger partial charge in [-0.1, -0.05) is 18.6 Å². The van der Waals surface area contributed by atoms with E-state index in [1.54, 1.807) is 0 Å². The van der Waals surface area contributed by atoms with Crippen LogP contribution >= 0.6 is 0 Å². The lowest BCUT2D eigenvalue weighted by atomic mass is 9.88. The van der Waals surface area contributed by atoms with Crippen molar-refractivity contribution < 1.29 is 0 Å². The lowest BCUT2D eigenvalue weighted by Crippen LogP contribution is -2.50. The van der Waals surface area contributed by atoms with E-state index in [0.29, 0.717) is 12.1 Å². The summed E-state index contributed by atoms with van der Waals surface area (Å²) in [7, 11) is 0. The standard InChI is InChI=1S/C17H32N2/c1-14(2)18-11-7-5-9-16(13-18)17-10-6-8-12-19(17)15(3)4/h5,9,14-17H,6-8,10-13H2,1-4H3. The maximum atomic E-state index is 2.75. The first-order valence-electron chi connectivity index (χ1n) is 8.26. The predicted molar refractivity (Wildman–Crippen MR) is 83.4 cm³/mol. The van der Waals surface area contributed by atoms with Crippen molar-refractivity contribution in [2.45, 2.75) is 71.5 Å². The Morgan fingerprint density at radius 1 is 1.00 bits per heavy atom. The molecule has 0 aromatic carbocycles. The first-order valence-corrected chi connectivity index (χ1v) is 8.26. The van der Waals surface area contributed by atoms with Gasteiger partial charge in [0, 0.05) is 37.1 Å². The molecule has 0 N–H and O–H groups in total. The van der Waals surface area contributed by atoms with Gasteiger partial charge in [-0.15, -0.1) is 0 Å². The molecule has 2 atom stereocenters. The van der Waals surface area contributed by atoms with Gasteiger partial charge in [-0.3, -0.25) is 9.80 Å². The highest BCUT2D eigenvalue weighted by molar-refractivity contribution is 5.01. The van der Waals surface area contributed by atoms with Gasteiger partial charge in [-0.2, -0.15) is 0 Å². The summed E-state index contributed by atoms with van der Waals surface area (Å²) in [6.07, 6.45) is 10.4. The maximum absolute atomic E-state index is 2.75. The van der Waals surface area contributed by atoms with E-state index in [4.69, 9.17) is 0 Å². The average molecular weight is 264 g/mol. The molecule has 2 aliphatic heterocycles. The molecule has 2 aliphatic rings. The molecule has 0 spiro atoms. The van der Waals surface area contributed by atoms with Crippen molar-refractivity contribution in [3.63, 3.8) is 0 Å². The lowest BCUT2D eigenvalue weighted by Gasteiger charge is -2.43. The van der Waals surface area contributed by atoms with Gasteiger partial charge in [0.25, 0.3) is 0 Å². The van der Waals surface area contributed by atoms with Crippen LogP contribution in [0.4, 0.5) is 0 Å². The SMILES string of the molecule is CC(C)N1CCC=CC(C2CCCCN2C(C)C)C1. The molecule has 110 valence electrons. The quantitative estimate of drug-likeness (QED) is 0.720. The number of hydrogen-bond acceptors (Lipinski definition) is 2. The highest BCUT2D eigenvalue weighted by Crippen LogP contribution is 2.28. The topological polar surface area (TPSA) is 6.48 Å². The van der Waals surface area contributed by atoms with E-state index in [2.05, 4.69) is 49.6 Å². The monoisotopic (exact) mass is 264 g/mol.